The minimum atomic E-state index is -4.29. The molecule has 51 heavy (non-hydrogen) atoms. The largest absolute Gasteiger partial charge is 0.446 e. The van der Waals surface area contributed by atoms with Crippen LogP contribution in [0, 0.1) is 0 Å². The fourth-order valence-corrected chi connectivity index (χ4v) is 5.63. The molecule has 2 aromatic heterocycles. The van der Waals surface area contributed by atoms with Gasteiger partial charge >= 0.3 is 11.2 Å². The maximum atomic E-state index is 12.6. The van der Waals surface area contributed by atoms with Gasteiger partial charge in [0.2, 0.25) is 0 Å². The Balaban J connectivity index is 0.000000295. The fourth-order valence-electron chi connectivity index (χ4n) is 4.96. The molecular weight excluding hydrogens is 678 g/mol. The number of benzene rings is 2. The van der Waals surface area contributed by atoms with E-state index in [1.807, 2.05) is 64.2 Å². The Bertz CT molecular complexity index is 1800. The molecule has 0 radical (unpaired) electrons. The van der Waals surface area contributed by atoms with E-state index in [2.05, 4.69) is 54.0 Å². The van der Waals surface area contributed by atoms with Crippen LogP contribution in [0.15, 0.2) is 69.4 Å². The number of aliphatic imine (C=N–C) groups is 1. The number of halogens is 3. The molecule has 14 heteroatoms. The van der Waals surface area contributed by atoms with Gasteiger partial charge in [0, 0.05) is 46.2 Å². The molecule has 2 aromatic carbocycles. The number of fused-ring (bicyclic) bond motifs is 1. The number of aromatic amines is 1. The van der Waals surface area contributed by atoms with Gasteiger partial charge in [-0.2, -0.15) is 18.2 Å². The van der Waals surface area contributed by atoms with E-state index in [0.717, 1.165) is 46.4 Å². The smallest absolute Gasteiger partial charge is 0.375 e. The van der Waals surface area contributed by atoms with Gasteiger partial charge in [-0.25, -0.2) is 4.79 Å². The van der Waals surface area contributed by atoms with Crippen molar-refractivity contribution in [1.29, 1.82) is 0 Å². The van der Waals surface area contributed by atoms with E-state index in [1.165, 1.54) is 6.07 Å². The predicted octanol–water partition coefficient (Wildman–Crippen LogP) is 6.79. The summed E-state index contributed by atoms with van der Waals surface area (Å²) in [6.45, 7) is 18.2. The van der Waals surface area contributed by atoms with Gasteiger partial charge in [-0.1, -0.05) is 59.7 Å². The lowest BCUT2D eigenvalue weighted by Gasteiger charge is -2.21. The van der Waals surface area contributed by atoms with Crippen LogP contribution in [0.5, 0.6) is 0 Å². The lowest BCUT2D eigenvalue weighted by atomic mass is 9.86. The number of ether oxygens (including phenoxy) is 1. The number of H-pyrrole nitrogens is 1. The molecule has 0 bridgehead atoms. The highest BCUT2D eigenvalue weighted by Gasteiger charge is 2.30. The minimum absolute atomic E-state index is 0.0390. The summed E-state index contributed by atoms with van der Waals surface area (Å²) >= 11 is -0.0953. The first-order chi connectivity index (χ1) is 23.6. The molecule has 0 fully saturated rings. The highest BCUT2D eigenvalue weighted by molar-refractivity contribution is 8.00. The zero-order chi connectivity index (χ0) is 38.1. The third-order valence-electron chi connectivity index (χ3n) is 7.78. The van der Waals surface area contributed by atoms with Crippen LogP contribution in [-0.4, -0.2) is 51.7 Å². The maximum Gasteiger partial charge on any atom is 0.446 e. The van der Waals surface area contributed by atoms with E-state index in [0.29, 0.717) is 18.8 Å². The molecule has 0 amide bonds. The number of hydrogen-bond acceptors (Lipinski definition) is 7. The van der Waals surface area contributed by atoms with Crippen molar-refractivity contribution >= 4 is 28.8 Å². The van der Waals surface area contributed by atoms with Gasteiger partial charge in [0.25, 0.3) is 0 Å². The molecule has 4 rings (SSSR count). The summed E-state index contributed by atoms with van der Waals surface area (Å²) in [6.07, 6.45) is 2.70. The van der Waals surface area contributed by atoms with E-state index >= 15 is 0 Å². The number of aromatic nitrogens is 3. The second-order valence-electron chi connectivity index (χ2n) is 14.7. The Hall–Kier alpha value is -3.85. The number of rotatable bonds is 12. The molecule has 2 heterocycles. The summed E-state index contributed by atoms with van der Waals surface area (Å²) in [5.74, 6) is 0.121. The van der Waals surface area contributed by atoms with Crippen LogP contribution in [0.3, 0.4) is 0 Å². The van der Waals surface area contributed by atoms with Crippen LogP contribution in [0.1, 0.15) is 90.2 Å². The zero-order valence-electron chi connectivity index (χ0n) is 30.8. The van der Waals surface area contributed by atoms with Gasteiger partial charge in [0.15, 0.2) is 5.96 Å². The minimum Gasteiger partial charge on any atom is -0.375 e. The Morgan fingerprint density at radius 2 is 1.69 bits per heavy atom. The van der Waals surface area contributed by atoms with Crippen molar-refractivity contribution in [2.75, 3.05) is 19.7 Å². The molecule has 2 atom stereocenters. The number of nitrogens with zero attached hydrogens (tertiary/aromatic N) is 3. The topological polar surface area (TPSA) is 162 Å². The number of guanidine groups is 1. The first kappa shape index (κ1) is 41.6. The molecule has 8 N–H and O–H groups in total. The normalized spacial score (nSPS) is 13.4. The van der Waals surface area contributed by atoms with Crippen LogP contribution >= 0.6 is 11.8 Å². The quantitative estimate of drug-likeness (QED) is 0.0461. The van der Waals surface area contributed by atoms with E-state index in [9.17, 15) is 18.0 Å². The Morgan fingerprint density at radius 3 is 2.25 bits per heavy atom. The van der Waals surface area contributed by atoms with Gasteiger partial charge < -0.3 is 32.2 Å². The molecule has 0 aliphatic heterocycles. The Morgan fingerprint density at radius 1 is 1.02 bits per heavy atom. The zero-order valence-corrected chi connectivity index (χ0v) is 31.6. The van der Waals surface area contributed by atoms with Crippen molar-refractivity contribution in [3.63, 3.8) is 0 Å². The first-order valence-electron chi connectivity index (χ1n) is 16.9. The molecule has 280 valence electrons. The van der Waals surface area contributed by atoms with E-state index in [1.54, 1.807) is 10.6 Å². The van der Waals surface area contributed by atoms with Crippen molar-refractivity contribution in [1.82, 2.24) is 19.9 Å². The summed E-state index contributed by atoms with van der Waals surface area (Å²) in [5.41, 5.74) is 16.6. The van der Waals surface area contributed by atoms with Gasteiger partial charge in [-0.15, -0.1) is 0 Å². The van der Waals surface area contributed by atoms with Crippen LogP contribution < -0.4 is 28.2 Å². The number of nitrogens with one attached hydrogen (secondary N) is 2. The number of thioether (sulfide) groups is 1. The van der Waals surface area contributed by atoms with E-state index in [-0.39, 0.29) is 57.8 Å². The maximum absolute atomic E-state index is 12.6. The predicted molar refractivity (Wildman–Crippen MR) is 202 cm³/mol. The molecule has 0 spiro atoms. The van der Waals surface area contributed by atoms with Crippen LogP contribution in [0.2, 0.25) is 0 Å². The second kappa shape index (κ2) is 17.6. The fraction of sp³-hybridized carbons (Fsp3) is 0.486. The molecule has 0 unspecified atom stereocenters. The summed E-state index contributed by atoms with van der Waals surface area (Å²) < 4.78 is 44.7. The third kappa shape index (κ3) is 13.7. The summed E-state index contributed by atoms with van der Waals surface area (Å²) in [6, 6.07) is 15.1. The third-order valence-corrected chi connectivity index (χ3v) is 8.49. The number of nitrogens with two attached hydrogens (primary N) is 3. The molecule has 4 aromatic rings. The van der Waals surface area contributed by atoms with Crippen molar-refractivity contribution in [3.8, 4) is 5.69 Å². The van der Waals surface area contributed by atoms with E-state index in [4.69, 9.17) is 21.9 Å². The lowest BCUT2D eigenvalue weighted by Crippen LogP contribution is -2.24. The molecular formula is C37H53F3N8O2S. The highest BCUT2D eigenvalue weighted by Crippen LogP contribution is 2.39. The highest BCUT2D eigenvalue weighted by atomic mass is 32.2. The second-order valence-corrected chi connectivity index (χ2v) is 15.9. The van der Waals surface area contributed by atoms with Crippen molar-refractivity contribution in [2.45, 2.75) is 102 Å². The van der Waals surface area contributed by atoms with Gasteiger partial charge in [0.1, 0.15) is 5.65 Å². The summed E-state index contributed by atoms with van der Waals surface area (Å²) in [7, 11) is 0. The summed E-state index contributed by atoms with van der Waals surface area (Å²) in [5, 5.41) is 4.36. The first-order valence-corrected chi connectivity index (χ1v) is 17.7. The number of hydrogen-bond donors (Lipinski definition) is 5. The van der Waals surface area contributed by atoms with Gasteiger partial charge in [-0.3, -0.25) is 9.56 Å². The molecule has 0 saturated carbocycles. The van der Waals surface area contributed by atoms with Crippen molar-refractivity contribution in [3.05, 3.63) is 87.6 Å². The molecule has 0 saturated heterocycles. The lowest BCUT2D eigenvalue weighted by molar-refractivity contribution is -0.0328. The average Bonchev–Trinajstić information content (AvgIpc) is 3.43. The van der Waals surface area contributed by atoms with Gasteiger partial charge in [-0.05, 0) is 91.0 Å². The SMILES string of the molecule is C[C@H](N)COCc1cc(SC(F)(F)F)cc(C(C)(C)C)c1.C[C@H](NCCCN=C(N)N)c1ccc(-n2cc3cc(C(C)(C)C)[nH]c3nc2=O)cc1. The molecule has 0 aliphatic rings. The van der Waals surface area contributed by atoms with Crippen LogP contribution in [0.25, 0.3) is 16.7 Å². The van der Waals surface area contributed by atoms with Crippen molar-refractivity contribution < 1.29 is 17.9 Å². The Kier molecular flexibility index (Phi) is 14.3. The molecule has 10 nitrogen and oxygen atoms in total. The van der Waals surface area contributed by atoms with Crippen molar-refractivity contribution in [2.24, 2.45) is 22.2 Å². The summed E-state index contributed by atoms with van der Waals surface area (Å²) in [4.78, 5) is 24.2. The standard InChI is InChI=1S/C22H31N7O.C15H22F3NOS/c1-14(25-10-5-11-26-20(23)24)15-6-8-17(9-7-15)29-13-16-12-18(22(2,3)4)27-19(16)28-21(29)30;1-10(19)8-20-9-11-5-12(14(2,3)4)7-13(6-11)21-15(16,17)18/h6-9,12-14,25H,5,10-11H2,1-4H3,(H4,23,24,26)(H,27,28,30);5-7,10H,8-9,19H2,1-4H3/t14-;10-/m00/s1. The van der Waals surface area contributed by atoms with E-state index < -0.39 is 5.51 Å². The van der Waals surface area contributed by atoms with Crippen LogP contribution in [0.4, 0.5) is 13.2 Å². The molecule has 0 aliphatic carbocycles. The Labute approximate surface area is 302 Å². The van der Waals surface area contributed by atoms with Crippen LogP contribution in [-0.2, 0) is 22.2 Å². The number of alkyl halides is 3. The monoisotopic (exact) mass is 730 g/mol. The average molecular weight is 731 g/mol. The van der Waals surface area contributed by atoms with Gasteiger partial charge in [0.05, 0.1) is 18.9 Å².